The van der Waals surface area contributed by atoms with Gasteiger partial charge in [-0.2, -0.15) is 0 Å². The number of azide groups is 1. The van der Waals surface area contributed by atoms with E-state index in [0.29, 0.717) is 0 Å². The first-order valence-electron chi connectivity index (χ1n) is 2.60. The monoisotopic (exact) mass is 172 g/mol. The van der Waals surface area contributed by atoms with Crippen molar-refractivity contribution in [3.05, 3.63) is 33.7 Å². The summed E-state index contributed by atoms with van der Waals surface area (Å²) in [6, 6.07) is 0. The quantitative estimate of drug-likeness (QED) is 0.365. The average molecular weight is 173 g/mol. The van der Waals surface area contributed by atoms with E-state index >= 15 is 0 Å². The van der Waals surface area contributed by atoms with Gasteiger partial charge in [0.1, 0.15) is 0 Å². The summed E-state index contributed by atoms with van der Waals surface area (Å²) in [6.07, 6.45) is 2.13. The molecule has 0 amide bonds. The van der Waals surface area contributed by atoms with Gasteiger partial charge in [0.15, 0.2) is 5.82 Å². The fourth-order valence-corrected chi connectivity index (χ4v) is 0.662. The largest absolute Gasteiger partial charge is 0.261 e. The number of pyridine rings is 1. The Hall–Kier alpha value is -1.32. The minimum Gasteiger partial charge on any atom is -0.261 e. The minimum atomic E-state index is -0.698. The summed E-state index contributed by atoms with van der Waals surface area (Å²) in [5.41, 5.74) is 7.98. The lowest BCUT2D eigenvalue weighted by atomic mass is 10.4. The lowest BCUT2D eigenvalue weighted by Crippen LogP contribution is -1.78. The highest BCUT2D eigenvalue weighted by Gasteiger charge is 2.03. The lowest BCUT2D eigenvalue weighted by Gasteiger charge is -1.94. The molecule has 0 aliphatic carbocycles. The Bertz CT molecular complexity index is 320. The first-order chi connectivity index (χ1) is 5.25. The normalized spacial score (nSPS) is 8.91. The SMILES string of the molecule is [N-]=[N+]=Nc1cncc(F)c1Cl. The third-order valence-electron chi connectivity index (χ3n) is 0.972. The molecule has 0 aliphatic rings. The Morgan fingerprint density at radius 3 is 3.00 bits per heavy atom. The third kappa shape index (κ3) is 1.58. The predicted molar refractivity (Wildman–Crippen MR) is 38.0 cm³/mol. The molecule has 0 aliphatic heterocycles. The van der Waals surface area contributed by atoms with Crippen LogP contribution in [0.5, 0.6) is 0 Å². The predicted octanol–water partition coefficient (Wildman–Crippen LogP) is 2.82. The highest BCUT2D eigenvalue weighted by molar-refractivity contribution is 6.33. The molecule has 0 radical (unpaired) electrons. The van der Waals surface area contributed by atoms with E-state index < -0.39 is 5.82 Å². The van der Waals surface area contributed by atoms with Crippen LogP contribution >= 0.6 is 11.6 Å². The molecule has 56 valence electrons. The van der Waals surface area contributed by atoms with E-state index in [2.05, 4.69) is 15.0 Å². The zero-order valence-electron chi connectivity index (χ0n) is 5.20. The fraction of sp³-hybridized carbons (Fsp3) is 0. The van der Waals surface area contributed by atoms with Gasteiger partial charge in [-0.1, -0.05) is 16.7 Å². The maximum absolute atomic E-state index is 12.5. The fourth-order valence-electron chi connectivity index (χ4n) is 0.527. The van der Waals surface area contributed by atoms with Gasteiger partial charge in [0.25, 0.3) is 0 Å². The number of hydrogen-bond acceptors (Lipinski definition) is 2. The van der Waals surface area contributed by atoms with E-state index in [1.54, 1.807) is 0 Å². The molecule has 0 saturated heterocycles. The van der Waals surface area contributed by atoms with Gasteiger partial charge in [-0.05, 0) is 5.53 Å². The summed E-state index contributed by atoms with van der Waals surface area (Å²) < 4.78 is 12.5. The first-order valence-corrected chi connectivity index (χ1v) is 2.97. The first kappa shape index (κ1) is 7.78. The Labute approximate surface area is 66.3 Å². The third-order valence-corrected chi connectivity index (χ3v) is 1.35. The molecule has 0 fully saturated rings. The summed E-state index contributed by atoms with van der Waals surface area (Å²) in [5, 5.41) is 2.90. The molecule has 6 heteroatoms. The zero-order valence-corrected chi connectivity index (χ0v) is 5.96. The van der Waals surface area contributed by atoms with Crippen molar-refractivity contribution in [3.8, 4) is 0 Å². The van der Waals surface area contributed by atoms with E-state index in [1.807, 2.05) is 0 Å². The number of halogens is 2. The van der Waals surface area contributed by atoms with Crippen LogP contribution in [0.4, 0.5) is 10.1 Å². The van der Waals surface area contributed by atoms with Crippen LogP contribution in [0.3, 0.4) is 0 Å². The molecule has 4 nitrogen and oxygen atoms in total. The van der Waals surface area contributed by atoms with E-state index in [4.69, 9.17) is 17.1 Å². The molecular weight excluding hydrogens is 171 g/mol. The Balaban J connectivity index is 3.26. The highest BCUT2D eigenvalue weighted by atomic mass is 35.5. The van der Waals surface area contributed by atoms with Gasteiger partial charge < -0.3 is 0 Å². The van der Waals surface area contributed by atoms with Gasteiger partial charge in [0.2, 0.25) is 0 Å². The van der Waals surface area contributed by atoms with Crippen LogP contribution in [-0.2, 0) is 0 Å². The van der Waals surface area contributed by atoms with Crippen molar-refractivity contribution < 1.29 is 4.39 Å². The van der Waals surface area contributed by atoms with Crippen LogP contribution in [0.2, 0.25) is 5.02 Å². The summed E-state index contributed by atoms with van der Waals surface area (Å²) in [5.74, 6) is -0.698. The number of aromatic nitrogens is 1. The molecule has 1 rings (SSSR count). The molecule has 1 aromatic rings. The summed E-state index contributed by atoms with van der Waals surface area (Å²) in [4.78, 5) is 5.88. The molecule has 11 heavy (non-hydrogen) atoms. The van der Waals surface area contributed by atoms with Crippen LogP contribution in [0.25, 0.3) is 10.4 Å². The van der Waals surface area contributed by atoms with Crippen molar-refractivity contribution in [3.63, 3.8) is 0 Å². The van der Waals surface area contributed by atoms with Crippen molar-refractivity contribution in [2.75, 3.05) is 0 Å². The van der Waals surface area contributed by atoms with Gasteiger partial charge in [0.05, 0.1) is 16.9 Å². The molecule has 0 atom stereocenters. The molecule has 0 spiro atoms. The van der Waals surface area contributed by atoms with Crippen molar-refractivity contribution in [1.82, 2.24) is 4.98 Å². The summed E-state index contributed by atoms with van der Waals surface area (Å²) in [7, 11) is 0. The second-order valence-corrected chi connectivity index (χ2v) is 2.02. The van der Waals surface area contributed by atoms with Crippen molar-refractivity contribution in [2.24, 2.45) is 5.11 Å². The lowest BCUT2D eigenvalue weighted by molar-refractivity contribution is 0.622. The van der Waals surface area contributed by atoms with E-state index in [0.717, 1.165) is 6.20 Å². The summed E-state index contributed by atoms with van der Waals surface area (Å²) in [6.45, 7) is 0. The van der Waals surface area contributed by atoms with Crippen molar-refractivity contribution in [1.29, 1.82) is 0 Å². The molecule has 1 aromatic heterocycles. The Morgan fingerprint density at radius 2 is 2.36 bits per heavy atom. The second-order valence-electron chi connectivity index (χ2n) is 1.64. The summed E-state index contributed by atoms with van der Waals surface area (Å²) >= 11 is 5.39. The van der Waals surface area contributed by atoms with Crippen LogP contribution in [0, 0.1) is 5.82 Å². The van der Waals surface area contributed by atoms with Gasteiger partial charge in [-0.3, -0.25) is 4.98 Å². The van der Waals surface area contributed by atoms with Crippen LogP contribution in [0.1, 0.15) is 0 Å². The van der Waals surface area contributed by atoms with Gasteiger partial charge in [-0.25, -0.2) is 4.39 Å². The average Bonchev–Trinajstić information content (AvgIpc) is 1.99. The number of rotatable bonds is 1. The molecule has 0 N–H and O–H groups in total. The van der Waals surface area contributed by atoms with Crippen molar-refractivity contribution in [2.45, 2.75) is 0 Å². The minimum absolute atomic E-state index is 0.00540. The number of hydrogen-bond donors (Lipinski definition) is 0. The molecule has 1 heterocycles. The molecule has 0 bridgehead atoms. The van der Waals surface area contributed by atoms with E-state index in [1.165, 1.54) is 6.20 Å². The molecule has 0 unspecified atom stereocenters. The van der Waals surface area contributed by atoms with E-state index in [-0.39, 0.29) is 10.7 Å². The molecule has 0 saturated carbocycles. The maximum Gasteiger partial charge on any atom is 0.160 e. The topological polar surface area (TPSA) is 61.7 Å². The zero-order chi connectivity index (χ0) is 8.27. The number of nitrogens with zero attached hydrogens (tertiary/aromatic N) is 4. The van der Waals surface area contributed by atoms with Gasteiger partial charge >= 0.3 is 0 Å². The molecule has 0 aromatic carbocycles. The smallest absolute Gasteiger partial charge is 0.160 e. The van der Waals surface area contributed by atoms with Gasteiger partial charge in [-0.15, -0.1) is 0 Å². The molecular formula is C5H2ClFN4. The highest BCUT2D eigenvalue weighted by Crippen LogP contribution is 2.25. The van der Waals surface area contributed by atoms with Crippen LogP contribution in [-0.4, -0.2) is 4.98 Å². The van der Waals surface area contributed by atoms with Crippen molar-refractivity contribution >= 4 is 17.3 Å². The van der Waals surface area contributed by atoms with E-state index in [9.17, 15) is 4.39 Å². The second kappa shape index (κ2) is 3.18. The van der Waals surface area contributed by atoms with Gasteiger partial charge in [0, 0.05) is 11.1 Å². The van der Waals surface area contributed by atoms with Crippen LogP contribution < -0.4 is 0 Å². The van der Waals surface area contributed by atoms with Crippen LogP contribution in [0.15, 0.2) is 17.5 Å². The Kier molecular flexibility index (Phi) is 2.25. The standard InChI is InChI=1S/C5H2ClFN4/c6-5-3(7)1-9-2-4(5)10-11-8/h1-2H. The maximum atomic E-state index is 12.5. The Morgan fingerprint density at radius 1 is 1.64 bits per heavy atom.